The molecule has 0 saturated carbocycles. The molecule has 1 atom stereocenters. The van der Waals surface area contributed by atoms with Gasteiger partial charge in [-0.1, -0.05) is 18.2 Å². The van der Waals surface area contributed by atoms with Gasteiger partial charge < -0.3 is 19.4 Å². The fourth-order valence-corrected chi connectivity index (χ4v) is 2.26. The van der Waals surface area contributed by atoms with E-state index in [1.807, 2.05) is 30.3 Å². The van der Waals surface area contributed by atoms with Crippen LogP contribution in [0.2, 0.25) is 0 Å². The lowest BCUT2D eigenvalue weighted by Gasteiger charge is -2.23. The van der Waals surface area contributed by atoms with Crippen molar-refractivity contribution in [1.29, 1.82) is 0 Å². The molecule has 142 valence electrons. The normalized spacial score (nSPS) is 12.7. The Bertz CT molecular complexity index is 740. The van der Waals surface area contributed by atoms with Crippen molar-refractivity contribution in [2.75, 3.05) is 20.2 Å². The third kappa shape index (κ3) is 5.40. The SMILES string of the molecule is CC(c1cc2ccccc2o1)N(C)C(=O)CCNC(=O)OCC(F)(F)F. The lowest BCUT2D eigenvalue weighted by atomic mass is 10.2. The Balaban J connectivity index is 1.82. The molecule has 1 aromatic heterocycles. The quantitative estimate of drug-likeness (QED) is 0.841. The summed E-state index contributed by atoms with van der Waals surface area (Å²) in [5.41, 5.74) is 0.712. The van der Waals surface area contributed by atoms with Crippen LogP contribution in [-0.2, 0) is 9.53 Å². The Morgan fingerprint density at radius 3 is 2.65 bits per heavy atom. The predicted octanol–water partition coefficient (Wildman–Crippen LogP) is 3.63. The standard InChI is InChI=1S/C17H19F3N2O4/c1-11(14-9-12-5-3-4-6-13(12)26-14)22(2)15(23)7-8-21-16(24)25-10-17(18,19)20/h3-6,9,11H,7-8,10H2,1-2H3,(H,21,24). The maximum atomic E-state index is 12.2. The van der Waals surface area contributed by atoms with Crippen molar-refractivity contribution in [2.24, 2.45) is 0 Å². The zero-order chi connectivity index (χ0) is 19.3. The molecule has 1 N–H and O–H groups in total. The van der Waals surface area contributed by atoms with E-state index in [0.29, 0.717) is 11.3 Å². The summed E-state index contributed by atoms with van der Waals surface area (Å²) in [6.07, 6.45) is -5.89. The van der Waals surface area contributed by atoms with Gasteiger partial charge in [-0.25, -0.2) is 4.79 Å². The number of benzene rings is 1. The van der Waals surface area contributed by atoms with Gasteiger partial charge in [0.15, 0.2) is 6.61 Å². The Morgan fingerprint density at radius 1 is 1.31 bits per heavy atom. The Labute approximate surface area is 147 Å². The summed E-state index contributed by atoms with van der Waals surface area (Å²) in [5, 5.41) is 3.03. The summed E-state index contributed by atoms with van der Waals surface area (Å²) in [6.45, 7) is -0.0108. The average molecular weight is 372 g/mol. The van der Waals surface area contributed by atoms with Gasteiger partial charge in [0.1, 0.15) is 11.3 Å². The molecule has 2 aromatic rings. The number of furan rings is 1. The van der Waals surface area contributed by atoms with Crippen LogP contribution < -0.4 is 5.32 Å². The van der Waals surface area contributed by atoms with Gasteiger partial charge in [0.25, 0.3) is 0 Å². The number of carbonyl (C=O) groups excluding carboxylic acids is 2. The molecular weight excluding hydrogens is 353 g/mol. The van der Waals surface area contributed by atoms with E-state index in [4.69, 9.17) is 4.42 Å². The third-order valence-electron chi connectivity index (χ3n) is 3.81. The van der Waals surface area contributed by atoms with Crippen molar-refractivity contribution in [3.63, 3.8) is 0 Å². The molecule has 0 spiro atoms. The van der Waals surface area contributed by atoms with Crippen LogP contribution in [-0.4, -0.2) is 43.3 Å². The molecule has 1 heterocycles. The molecule has 0 saturated heterocycles. The molecule has 0 aliphatic heterocycles. The topological polar surface area (TPSA) is 71.8 Å². The van der Waals surface area contributed by atoms with Gasteiger partial charge in [0.2, 0.25) is 5.91 Å². The highest BCUT2D eigenvalue weighted by Crippen LogP contribution is 2.26. The van der Waals surface area contributed by atoms with Crippen LogP contribution in [0, 0.1) is 0 Å². The molecule has 2 amide bonds. The number of hydrogen-bond acceptors (Lipinski definition) is 4. The van der Waals surface area contributed by atoms with Crippen LogP contribution >= 0.6 is 0 Å². The van der Waals surface area contributed by atoms with E-state index in [1.54, 1.807) is 14.0 Å². The van der Waals surface area contributed by atoms with Crippen molar-refractivity contribution in [3.05, 3.63) is 36.1 Å². The molecule has 1 unspecified atom stereocenters. The number of nitrogens with one attached hydrogen (secondary N) is 1. The first-order chi connectivity index (χ1) is 12.2. The van der Waals surface area contributed by atoms with Gasteiger partial charge in [-0.3, -0.25) is 4.79 Å². The van der Waals surface area contributed by atoms with Crippen molar-refractivity contribution >= 4 is 23.0 Å². The van der Waals surface area contributed by atoms with Gasteiger partial charge in [0.05, 0.1) is 6.04 Å². The molecule has 0 aliphatic rings. The first-order valence-electron chi connectivity index (χ1n) is 7.89. The number of amides is 2. The van der Waals surface area contributed by atoms with Crippen molar-refractivity contribution in [2.45, 2.75) is 25.6 Å². The lowest BCUT2D eigenvalue weighted by molar-refractivity contribution is -0.160. The number of halogens is 3. The van der Waals surface area contributed by atoms with E-state index < -0.39 is 18.9 Å². The first kappa shape index (κ1) is 19.6. The zero-order valence-corrected chi connectivity index (χ0v) is 14.3. The molecule has 9 heteroatoms. The number of alkyl halides is 3. The van der Waals surface area contributed by atoms with Gasteiger partial charge in [0, 0.05) is 25.4 Å². The van der Waals surface area contributed by atoms with Crippen molar-refractivity contribution in [1.82, 2.24) is 10.2 Å². The molecule has 26 heavy (non-hydrogen) atoms. The number of fused-ring (bicyclic) bond motifs is 1. The molecule has 0 fully saturated rings. The highest BCUT2D eigenvalue weighted by Gasteiger charge is 2.29. The maximum Gasteiger partial charge on any atom is 0.422 e. The summed E-state index contributed by atoms with van der Waals surface area (Å²) >= 11 is 0. The molecule has 0 aliphatic carbocycles. The fourth-order valence-electron chi connectivity index (χ4n) is 2.26. The minimum Gasteiger partial charge on any atom is -0.459 e. The second kappa shape index (κ2) is 8.11. The predicted molar refractivity (Wildman–Crippen MR) is 87.4 cm³/mol. The molecule has 2 rings (SSSR count). The lowest BCUT2D eigenvalue weighted by Crippen LogP contribution is -2.34. The first-order valence-corrected chi connectivity index (χ1v) is 7.89. The Kier molecular flexibility index (Phi) is 6.12. The van der Waals surface area contributed by atoms with Gasteiger partial charge in [-0.2, -0.15) is 13.2 Å². The zero-order valence-electron chi connectivity index (χ0n) is 14.3. The number of para-hydroxylation sites is 1. The smallest absolute Gasteiger partial charge is 0.422 e. The monoisotopic (exact) mass is 372 g/mol. The summed E-state index contributed by atoms with van der Waals surface area (Å²) < 4.78 is 45.5. The second-order valence-corrected chi connectivity index (χ2v) is 5.74. The van der Waals surface area contributed by atoms with E-state index in [2.05, 4.69) is 10.1 Å². The molecule has 1 aromatic carbocycles. The molecule has 0 bridgehead atoms. The largest absolute Gasteiger partial charge is 0.459 e. The third-order valence-corrected chi connectivity index (χ3v) is 3.81. The Morgan fingerprint density at radius 2 is 2.00 bits per heavy atom. The second-order valence-electron chi connectivity index (χ2n) is 5.74. The summed E-state index contributed by atoms with van der Waals surface area (Å²) in [5.74, 6) is 0.314. The van der Waals surface area contributed by atoms with Gasteiger partial charge >= 0.3 is 12.3 Å². The molecule has 6 nitrogen and oxygen atoms in total. The summed E-state index contributed by atoms with van der Waals surface area (Å²) in [6, 6.07) is 8.95. The van der Waals surface area contributed by atoms with E-state index in [1.165, 1.54) is 4.90 Å². The van der Waals surface area contributed by atoms with Crippen LogP contribution in [0.5, 0.6) is 0 Å². The van der Waals surface area contributed by atoms with E-state index >= 15 is 0 Å². The number of alkyl carbamates (subject to hydrolysis) is 1. The molecule has 0 radical (unpaired) electrons. The minimum absolute atomic E-state index is 0.0812. The number of carbonyl (C=O) groups is 2. The van der Waals surface area contributed by atoms with Crippen LogP contribution in [0.25, 0.3) is 11.0 Å². The van der Waals surface area contributed by atoms with Crippen LogP contribution in [0.4, 0.5) is 18.0 Å². The Hall–Kier alpha value is -2.71. The number of nitrogens with zero attached hydrogens (tertiary/aromatic N) is 1. The fraction of sp³-hybridized carbons (Fsp3) is 0.412. The van der Waals surface area contributed by atoms with Crippen LogP contribution in [0.1, 0.15) is 25.1 Å². The van der Waals surface area contributed by atoms with Gasteiger partial charge in [-0.15, -0.1) is 0 Å². The number of hydrogen-bond donors (Lipinski definition) is 1. The highest BCUT2D eigenvalue weighted by molar-refractivity contribution is 5.79. The van der Waals surface area contributed by atoms with E-state index in [0.717, 1.165) is 5.39 Å². The summed E-state index contributed by atoms with van der Waals surface area (Å²) in [7, 11) is 1.59. The van der Waals surface area contributed by atoms with Crippen molar-refractivity contribution < 1.29 is 31.9 Å². The molecular formula is C17H19F3N2O4. The highest BCUT2D eigenvalue weighted by atomic mass is 19.4. The average Bonchev–Trinajstić information content (AvgIpc) is 3.02. The minimum atomic E-state index is -4.59. The van der Waals surface area contributed by atoms with E-state index in [-0.39, 0.29) is 24.9 Å². The van der Waals surface area contributed by atoms with E-state index in [9.17, 15) is 22.8 Å². The number of rotatable bonds is 6. The number of ether oxygens (including phenoxy) is 1. The maximum absolute atomic E-state index is 12.2. The summed E-state index contributed by atoms with van der Waals surface area (Å²) in [4.78, 5) is 24.8. The van der Waals surface area contributed by atoms with Crippen LogP contribution in [0.3, 0.4) is 0 Å². The van der Waals surface area contributed by atoms with Crippen LogP contribution in [0.15, 0.2) is 34.7 Å². The van der Waals surface area contributed by atoms with Crippen molar-refractivity contribution in [3.8, 4) is 0 Å². The van der Waals surface area contributed by atoms with Gasteiger partial charge in [-0.05, 0) is 19.1 Å².